The Balaban J connectivity index is 1.37. The fourth-order valence-electron chi connectivity index (χ4n) is 4.24. The van der Waals surface area contributed by atoms with Crippen LogP contribution in [0.25, 0.3) is 5.52 Å². The van der Waals surface area contributed by atoms with Gasteiger partial charge in [0.2, 0.25) is 0 Å². The highest BCUT2D eigenvalue weighted by atomic mass is 15.3. The molecule has 0 spiro atoms. The Morgan fingerprint density at radius 3 is 2.40 bits per heavy atom. The normalized spacial score (nSPS) is 22.8. The molecule has 2 fully saturated rings. The number of rotatable bonds is 2. The number of aryl methyl sites for hydroxylation is 2. The summed E-state index contributed by atoms with van der Waals surface area (Å²) in [6, 6.07) is 4.20. The zero-order valence-corrected chi connectivity index (χ0v) is 14.5. The van der Waals surface area contributed by atoms with Gasteiger partial charge in [0.05, 0.1) is 5.69 Å². The molecule has 0 saturated carbocycles. The minimum Gasteiger partial charge on any atom is -0.356 e. The molecule has 0 N–H and O–H groups in total. The fraction of sp³-hybridized carbons (Fsp3) is 0.444. The Morgan fingerprint density at radius 2 is 1.64 bits per heavy atom. The quantitative estimate of drug-likeness (QED) is 0.710. The molecule has 0 amide bonds. The largest absolute Gasteiger partial charge is 0.356 e. The van der Waals surface area contributed by atoms with Gasteiger partial charge in [0.1, 0.15) is 17.7 Å². The molecule has 3 aromatic heterocycles. The van der Waals surface area contributed by atoms with E-state index in [4.69, 9.17) is 0 Å². The predicted molar refractivity (Wildman–Crippen MR) is 95.9 cm³/mol. The van der Waals surface area contributed by atoms with Crippen LogP contribution in [0.1, 0.15) is 11.4 Å². The topological polar surface area (TPSA) is 62.5 Å². The minimum absolute atomic E-state index is 0.654. The smallest absolute Gasteiger partial charge is 0.154 e. The third kappa shape index (κ3) is 2.42. The lowest BCUT2D eigenvalue weighted by atomic mass is 10.0. The number of hydrogen-bond acceptors (Lipinski definition) is 6. The van der Waals surface area contributed by atoms with Crippen LogP contribution in [0, 0.1) is 25.7 Å². The van der Waals surface area contributed by atoms with Gasteiger partial charge in [-0.1, -0.05) is 0 Å². The Labute approximate surface area is 146 Å². The summed E-state index contributed by atoms with van der Waals surface area (Å²) in [5, 5.41) is 4.50. The number of nitrogens with zero attached hydrogens (tertiary/aromatic N) is 7. The molecule has 2 aliphatic rings. The van der Waals surface area contributed by atoms with E-state index >= 15 is 0 Å². The number of fused-ring (bicyclic) bond motifs is 2. The van der Waals surface area contributed by atoms with Gasteiger partial charge in [0, 0.05) is 62.2 Å². The molecule has 0 bridgehead atoms. The van der Waals surface area contributed by atoms with Crippen molar-refractivity contribution in [2.24, 2.45) is 11.8 Å². The molecule has 7 nitrogen and oxygen atoms in total. The van der Waals surface area contributed by atoms with Crippen molar-refractivity contribution in [3.63, 3.8) is 0 Å². The molecule has 2 atom stereocenters. The maximum absolute atomic E-state index is 4.65. The molecule has 5 heterocycles. The Kier molecular flexibility index (Phi) is 3.16. The zero-order chi connectivity index (χ0) is 17.0. The SMILES string of the molecule is Cc1cc(N2CC3CN(c4nccn5nc(C)cc45)CC3C2)ncn1. The molecule has 0 aliphatic carbocycles. The summed E-state index contributed by atoms with van der Waals surface area (Å²) in [4.78, 5) is 18.1. The van der Waals surface area contributed by atoms with Crippen LogP contribution in [0.5, 0.6) is 0 Å². The van der Waals surface area contributed by atoms with E-state index in [9.17, 15) is 0 Å². The predicted octanol–water partition coefficient (Wildman–Crippen LogP) is 1.71. The first-order chi connectivity index (χ1) is 12.2. The molecule has 5 rings (SSSR count). The molecule has 25 heavy (non-hydrogen) atoms. The zero-order valence-electron chi connectivity index (χ0n) is 14.5. The van der Waals surface area contributed by atoms with Gasteiger partial charge < -0.3 is 9.80 Å². The second kappa shape index (κ2) is 5.40. The van der Waals surface area contributed by atoms with Gasteiger partial charge in [-0.15, -0.1) is 0 Å². The van der Waals surface area contributed by atoms with Crippen molar-refractivity contribution in [3.8, 4) is 0 Å². The Hall–Kier alpha value is -2.70. The van der Waals surface area contributed by atoms with E-state index in [2.05, 4.69) is 42.0 Å². The number of hydrogen-bond donors (Lipinski definition) is 0. The van der Waals surface area contributed by atoms with Gasteiger partial charge in [0.25, 0.3) is 0 Å². The molecule has 2 unspecified atom stereocenters. The maximum Gasteiger partial charge on any atom is 0.154 e. The summed E-state index contributed by atoms with van der Waals surface area (Å²) in [5.41, 5.74) is 3.15. The lowest BCUT2D eigenvalue weighted by Gasteiger charge is -2.23. The van der Waals surface area contributed by atoms with Gasteiger partial charge in [-0.3, -0.25) is 0 Å². The minimum atomic E-state index is 0.654. The second-order valence-electron chi connectivity index (χ2n) is 7.21. The van der Waals surface area contributed by atoms with Crippen LogP contribution in [0.4, 0.5) is 11.6 Å². The summed E-state index contributed by atoms with van der Waals surface area (Å²) in [6.45, 7) is 8.24. The van der Waals surface area contributed by atoms with Crippen molar-refractivity contribution in [1.29, 1.82) is 0 Å². The Bertz CT molecular complexity index is 920. The third-order valence-electron chi connectivity index (χ3n) is 5.39. The van der Waals surface area contributed by atoms with Crippen LogP contribution in [-0.2, 0) is 0 Å². The van der Waals surface area contributed by atoms with Crippen LogP contribution < -0.4 is 9.80 Å². The van der Waals surface area contributed by atoms with Gasteiger partial charge in [-0.25, -0.2) is 19.5 Å². The molecule has 128 valence electrons. The molecular weight excluding hydrogens is 314 g/mol. The van der Waals surface area contributed by atoms with Crippen LogP contribution in [0.3, 0.4) is 0 Å². The van der Waals surface area contributed by atoms with Crippen LogP contribution in [0.2, 0.25) is 0 Å². The van der Waals surface area contributed by atoms with Crippen molar-refractivity contribution in [3.05, 3.63) is 42.2 Å². The summed E-state index contributed by atoms with van der Waals surface area (Å²) in [7, 11) is 0. The molecule has 2 aliphatic heterocycles. The lowest BCUT2D eigenvalue weighted by Crippen LogP contribution is -2.30. The highest BCUT2D eigenvalue weighted by Gasteiger charge is 2.41. The molecule has 0 aromatic carbocycles. The molecule has 2 saturated heterocycles. The summed E-state index contributed by atoms with van der Waals surface area (Å²) in [5.74, 6) is 3.42. The average Bonchev–Trinajstić information content (AvgIpc) is 3.25. The van der Waals surface area contributed by atoms with E-state index in [0.29, 0.717) is 11.8 Å². The van der Waals surface area contributed by atoms with E-state index in [-0.39, 0.29) is 0 Å². The first-order valence-corrected chi connectivity index (χ1v) is 8.77. The van der Waals surface area contributed by atoms with E-state index < -0.39 is 0 Å². The van der Waals surface area contributed by atoms with Gasteiger partial charge in [-0.2, -0.15) is 5.10 Å². The van der Waals surface area contributed by atoms with Crippen molar-refractivity contribution >= 4 is 17.2 Å². The third-order valence-corrected chi connectivity index (χ3v) is 5.39. The van der Waals surface area contributed by atoms with E-state index in [1.807, 2.05) is 30.8 Å². The van der Waals surface area contributed by atoms with Gasteiger partial charge in [0.15, 0.2) is 5.82 Å². The van der Waals surface area contributed by atoms with Gasteiger partial charge in [-0.05, 0) is 19.9 Å². The fourth-order valence-corrected chi connectivity index (χ4v) is 4.24. The van der Waals surface area contributed by atoms with Crippen LogP contribution in [0.15, 0.2) is 30.9 Å². The van der Waals surface area contributed by atoms with E-state index in [1.165, 1.54) is 0 Å². The van der Waals surface area contributed by atoms with E-state index in [0.717, 1.165) is 54.7 Å². The summed E-state index contributed by atoms with van der Waals surface area (Å²) < 4.78 is 1.93. The number of anilines is 2. The molecular formula is C18H21N7. The molecule has 3 aromatic rings. The molecule has 7 heteroatoms. The van der Waals surface area contributed by atoms with Crippen LogP contribution in [-0.4, -0.2) is 50.7 Å². The van der Waals surface area contributed by atoms with E-state index in [1.54, 1.807) is 6.33 Å². The van der Waals surface area contributed by atoms with Crippen molar-refractivity contribution in [2.45, 2.75) is 13.8 Å². The second-order valence-corrected chi connectivity index (χ2v) is 7.21. The van der Waals surface area contributed by atoms with Crippen LogP contribution >= 0.6 is 0 Å². The summed E-state index contributed by atoms with van der Waals surface area (Å²) in [6.07, 6.45) is 5.43. The maximum atomic E-state index is 4.65. The van der Waals surface area contributed by atoms with Crippen molar-refractivity contribution in [2.75, 3.05) is 36.0 Å². The molecule has 0 radical (unpaired) electrons. The summed E-state index contributed by atoms with van der Waals surface area (Å²) >= 11 is 0. The average molecular weight is 335 g/mol. The van der Waals surface area contributed by atoms with Gasteiger partial charge >= 0.3 is 0 Å². The lowest BCUT2D eigenvalue weighted by molar-refractivity contribution is 0.533. The Morgan fingerprint density at radius 1 is 0.880 bits per heavy atom. The first-order valence-electron chi connectivity index (χ1n) is 8.77. The van der Waals surface area contributed by atoms with Crippen molar-refractivity contribution in [1.82, 2.24) is 24.6 Å². The standard InChI is InChI=1S/C18H21N7/c1-12-6-17(21-11-20-12)23-7-14-9-24(10-15(14)8-23)18-16-5-13(2)22-25(16)4-3-19-18/h3-6,11,14-15H,7-10H2,1-2H3. The van der Waals surface area contributed by atoms with Crippen molar-refractivity contribution < 1.29 is 0 Å². The monoisotopic (exact) mass is 335 g/mol. The highest BCUT2D eigenvalue weighted by molar-refractivity contribution is 5.69. The highest BCUT2D eigenvalue weighted by Crippen LogP contribution is 2.36. The first kappa shape index (κ1) is 14.6. The number of aromatic nitrogens is 5.